The van der Waals surface area contributed by atoms with E-state index < -0.39 is 15.9 Å². The minimum atomic E-state index is -3.67. The Morgan fingerprint density at radius 1 is 1.21 bits per heavy atom. The van der Waals surface area contributed by atoms with E-state index in [4.69, 9.17) is 16.3 Å². The molecule has 28 heavy (non-hydrogen) atoms. The molecule has 2 amide bonds. The summed E-state index contributed by atoms with van der Waals surface area (Å²) in [4.78, 5) is 24.2. The summed E-state index contributed by atoms with van der Waals surface area (Å²) in [5.41, 5.74) is 1.40. The number of sulfonamides is 1. The summed E-state index contributed by atoms with van der Waals surface area (Å²) < 4.78 is 29.8. The summed E-state index contributed by atoms with van der Waals surface area (Å²) in [6.45, 7) is 0.405. The van der Waals surface area contributed by atoms with Crippen molar-refractivity contribution in [1.29, 1.82) is 0 Å². The number of anilines is 1. The van der Waals surface area contributed by atoms with Crippen LogP contribution < -0.4 is 14.4 Å². The smallest absolute Gasteiger partial charge is 0.252 e. The average molecular weight is 423 g/mol. The lowest BCUT2D eigenvalue weighted by atomic mass is 10.1. The molecule has 1 aliphatic heterocycles. The van der Waals surface area contributed by atoms with E-state index in [1.165, 1.54) is 18.2 Å². The van der Waals surface area contributed by atoms with Crippen LogP contribution in [-0.2, 0) is 21.2 Å². The third kappa shape index (κ3) is 4.28. The fraction of sp³-hybridized carbons (Fsp3) is 0.263. The van der Waals surface area contributed by atoms with E-state index in [2.05, 4.69) is 5.32 Å². The van der Waals surface area contributed by atoms with E-state index in [9.17, 15) is 18.0 Å². The molecule has 1 N–H and O–H groups in total. The largest absolute Gasteiger partial charge is 0.497 e. The summed E-state index contributed by atoms with van der Waals surface area (Å²) in [7, 11) is -2.08. The second-order valence-corrected chi connectivity index (χ2v) is 8.59. The molecule has 0 bridgehead atoms. The fourth-order valence-corrected chi connectivity index (χ4v) is 4.60. The Morgan fingerprint density at radius 3 is 2.50 bits per heavy atom. The molecule has 9 heteroatoms. The van der Waals surface area contributed by atoms with Crippen LogP contribution in [0.3, 0.4) is 0 Å². The van der Waals surface area contributed by atoms with Crippen LogP contribution in [0.1, 0.15) is 22.3 Å². The number of benzene rings is 2. The Hall–Kier alpha value is -2.58. The molecule has 0 saturated carbocycles. The fourth-order valence-electron chi connectivity index (χ4n) is 2.89. The van der Waals surface area contributed by atoms with Crippen LogP contribution in [-0.4, -0.2) is 39.6 Å². The van der Waals surface area contributed by atoms with Gasteiger partial charge in [0.1, 0.15) is 5.75 Å². The molecule has 0 spiro atoms. The van der Waals surface area contributed by atoms with Gasteiger partial charge in [-0.1, -0.05) is 23.7 Å². The Balaban J connectivity index is 1.64. The van der Waals surface area contributed by atoms with Gasteiger partial charge in [0.2, 0.25) is 15.9 Å². The quantitative estimate of drug-likeness (QED) is 0.771. The van der Waals surface area contributed by atoms with E-state index in [1.807, 2.05) is 24.3 Å². The standard InChI is InChI=1S/C19H19ClN2O5S/c1-27-15-5-2-13(3-6-15)8-10-21-19(24)16-7-4-14(12-17(16)20)22-18(23)9-11-28(22,25)26/h2-7,12H,8-11H2,1H3,(H,21,24). The molecule has 3 rings (SSSR count). The first kappa shape index (κ1) is 20.2. The van der Waals surface area contributed by atoms with Crippen molar-refractivity contribution in [2.45, 2.75) is 12.8 Å². The average Bonchev–Trinajstić information content (AvgIpc) is 2.94. The molecule has 0 unspecified atom stereocenters. The number of nitrogens with zero attached hydrogens (tertiary/aromatic N) is 1. The van der Waals surface area contributed by atoms with E-state index in [-0.39, 0.29) is 34.4 Å². The van der Waals surface area contributed by atoms with Crippen LogP contribution in [0.25, 0.3) is 0 Å². The molecule has 7 nitrogen and oxygen atoms in total. The lowest BCUT2D eigenvalue weighted by molar-refractivity contribution is -0.116. The van der Waals surface area contributed by atoms with Crippen molar-refractivity contribution in [3.63, 3.8) is 0 Å². The molecule has 0 aliphatic carbocycles. The minimum Gasteiger partial charge on any atom is -0.497 e. The SMILES string of the molecule is COc1ccc(CCNC(=O)c2ccc(N3C(=O)CCS3(=O)=O)cc2Cl)cc1. The third-order valence-corrected chi connectivity index (χ3v) is 6.37. The molecule has 1 aliphatic rings. The van der Waals surface area contributed by atoms with Gasteiger partial charge in [-0.15, -0.1) is 0 Å². The molecule has 1 fully saturated rings. The monoisotopic (exact) mass is 422 g/mol. The summed E-state index contributed by atoms with van der Waals surface area (Å²) >= 11 is 6.17. The van der Waals surface area contributed by atoms with Gasteiger partial charge in [0.05, 0.1) is 29.1 Å². The zero-order chi connectivity index (χ0) is 20.3. The van der Waals surface area contributed by atoms with Gasteiger partial charge < -0.3 is 10.1 Å². The maximum Gasteiger partial charge on any atom is 0.252 e. The number of amides is 2. The molecular weight excluding hydrogens is 404 g/mol. The van der Waals surface area contributed by atoms with Crippen LogP contribution >= 0.6 is 11.6 Å². The van der Waals surface area contributed by atoms with Crippen molar-refractivity contribution in [2.24, 2.45) is 0 Å². The van der Waals surface area contributed by atoms with Gasteiger partial charge in [-0.2, -0.15) is 0 Å². The lowest BCUT2D eigenvalue weighted by Crippen LogP contribution is -2.29. The molecule has 0 radical (unpaired) electrons. The summed E-state index contributed by atoms with van der Waals surface area (Å²) in [6, 6.07) is 11.7. The van der Waals surface area contributed by atoms with E-state index in [0.29, 0.717) is 13.0 Å². The van der Waals surface area contributed by atoms with Crippen molar-refractivity contribution in [3.8, 4) is 5.75 Å². The van der Waals surface area contributed by atoms with Crippen LogP contribution in [0, 0.1) is 0 Å². The number of ether oxygens (including phenoxy) is 1. The van der Waals surface area contributed by atoms with E-state index in [1.54, 1.807) is 7.11 Å². The first-order valence-electron chi connectivity index (χ1n) is 8.58. The van der Waals surface area contributed by atoms with E-state index in [0.717, 1.165) is 15.6 Å². The highest BCUT2D eigenvalue weighted by Gasteiger charge is 2.36. The molecule has 2 aromatic carbocycles. The molecule has 1 saturated heterocycles. The normalized spacial score (nSPS) is 15.5. The number of methoxy groups -OCH3 is 1. The van der Waals surface area contributed by atoms with Crippen molar-refractivity contribution >= 4 is 39.1 Å². The molecular formula is C19H19ClN2O5S. The van der Waals surface area contributed by atoms with Gasteiger partial charge in [-0.05, 0) is 42.3 Å². The van der Waals surface area contributed by atoms with Crippen molar-refractivity contribution < 1.29 is 22.7 Å². The van der Waals surface area contributed by atoms with Gasteiger partial charge in [-0.3, -0.25) is 9.59 Å². The molecule has 148 valence electrons. The van der Waals surface area contributed by atoms with Crippen molar-refractivity contribution in [1.82, 2.24) is 5.32 Å². The summed E-state index contributed by atoms with van der Waals surface area (Å²) in [6.07, 6.45) is 0.569. The second kappa shape index (κ2) is 8.20. The highest BCUT2D eigenvalue weighted by Crippen LogP contribution is 2.29. The third-order valence-electron chi connectivity index (χ3n) is 4.37. The van der Waals surface area contributed by atoms with Crippen LogP contribution in [0.15, 0.2) is 42.5 Å². The highest BCUT2D eigenvalue weighted by atomic mass is 35.5. The second-order valence-electron chi connectivity index (χ2n) is 6.24. The number of halogens is 1. The maximum absolute atomic E-state index is 12.4. The Kier molecular flexibility index (Phi) is 5.90. The first-order valence-corrected chi connectivity index (χ1v) is 10.6. The molecule has 1 heterocycles. The van der Waals surface area contributed by atoms with Gasteiger partial charge >= 0.3 is 0 Å². The highest BCUT2D eigenvalue weighted by molar-refractivity contribution is 7.94. The number of rotatable bonds is 6. The number of carbonyl (C=O) groups is 2. The predicted octanol–water partition coefficient (Wildman–Crippen LogP) is 2.39. The van der Waals surface area contributed by atoms with Gasteiger partial charge in [0.15, 0.2) is 0 Å². The number of hydrogen-bond acceptors (Lipinski definition) is 5. The Morgan fingerprint density at radius 2 is 1.93 bits per heavy atom. The number of hydrogen-bond donors (Lipinski definition) is 1. The maximum atomic E-state index is 12.4. The van der Waals surface area contributed by atoms with Gasteiger partial charge in [0.25, 0.3) is 5.91 Å². The first-order chi connectivity index (χ1) is 13.3. The molecule has 2 aromatic rings. The summed E-state index contributed by atoms with van der Waals surface area (Å²) in [5, 5.41) is 2.86. The summed E-state index contributed by atoms with van der Waals surface area (Å²) in [5.74, 6) is -0.344. The van der Waals surface area contributed by atoms with Crippen LogP contribution in [0.2, 0.25) is 5.02 Å². The molecule has 0 aromatic heterocycles. The van der Waals surface area contributed by atoms with Crippen molar-refractivity contribution in [3.05, 3.63) is 58.6 Å². The Bertz CT molecular complexity index is 1010. The van der Waals surface area contributed by atoms with Gasteiger partial charge in [0, 0.05) is 13.0 Å². The predicted molar refractivity (Wildman–Crippen MR) is 106 cm³/mol. The molecule has 0 atom stereocenters. The van der Waals surface area contributed by atoms with Gasteiger partial charge in [-0.25, -0.2) is 12.7 Å². The lowest BCUT2D eigenvalue weighted by Gasteiger charge is -2.16. The van der Waals surface area contributed by atoms with E-state index >= 15 is 0 Å². The number of carbonyl (C=O) groups excluding carboxylic acids is 2. The zero-order valence-electron chi connectivity index (χ0n) is 15.1. The topological polar surface area (TPSA) is 92.8 Å². The number of nitrogens with one attached hydrogen (secondary N) is 1. The zero-order valence-corrected chi connectivity index (χ0v) is 16.7. The van der Waals surface area contributed by atoms with Crippen LogP contribution in [0.5, 0.6) is 5.75 Å². The Labute approximate surface area is 168 Å². The minimum absolute atomic E-state index is 0.0620. The van der Waals surface area contributed by atoms with Crippen molar-refractivity contribution in [2.75, 3.05) is 23.7 Å². The van der Waals surface area contributed by atoms with Crippen LogP contribution in [0.4, 0.5) is 5.69 Å².